The van der Waals surface area contributed by atoms with Crippen LogP contribution in [0.15, 0.2) is 18.2 Å². The van der Waals surface area contributed by atoms with E-state index in [2.05, 4.69) is 0 Å². The maximum Gasteiger partial charge on any atom is 0.260 e. The van der Waals surface area contributed by atoms with Crippen molar-refractivity contribution in [2.45, 2.75) is 52.6 Å². The van der Waals surface area contributed by atoms with E-state index in [0.29, 0.717) is 18.6 Å². The summed E-state index contributed by atoms with van der Waals surface area (Å²) in [4.78, 5) is 25.8. The summed E-state index contributed by atoms with van der Waals surface area (Å²) in [5, 5.41) is 0. The maximum atomic E-state index is 12.3. The minimum atomic E-state index is -0.0260. The van der Waals surface area contributed by atoms with Crippen LogP contribution in [0.25, 0.3) is 0 Å². The summed E-state index contributed by atoms with van der Waals surface area (Å²) in [5.74, 6) is 0.800. The van der Waals surface area contributed by atoms with Crippen molar-refractivity contribution >= 4 is 11.7 Å². The van der Waals surface area contributed by atoms with Gasteiger partial charge in [0.25, 0.3) is 5.91 Å². The van der Waals surface area contributed by atoms with E-state index >= 15 is 0 Å². The number of nitrogens with zero attached hydrogens (tertiary/aromatic N) is 1. The summed E-state index contributed by atoms with van der Waals surface area (Å²) >= 11 is 0. The van der Waals surface area contributed by atoms with E-state index in [1.54, 1.807) is 0 Å². The number of fused-ring (bicyclic) bond motifs is 1. The Balaban J connectivity index is 2.07. The van der Waals surface area contributed by atoms with Crippen molar-refractivity contribution in [3.63, 3.8) is 0 Å². The van der Waals surface area contributed by atoms with Crippen LogP contribution in [-0.4, -0.2) is 35.3 Å². The lowest BCUT2D eigenvalue weighted by molar-refractivity contribution is -0.137. The Morgan fingerprint density at radius 3 is 2.48 bits per heavy atom. The Bertz CT molecular complexity index is 541. The Morgan fingerprint density at radius 1 is 1.19 bits per heavy atom. The molecule has 0 saturated carbocycles. The van der Waals surface area contributed by atoms with E-state index < -0.39 is 0 Å². The SMILES string of the molecule is CC(C)N(C(=O)COc1cccc2c1CCC2=O)C(C)C. The molecule has 0 radical (unpaired) electrons. The van der Waals surface area contributed by atoms with Crippen LogP contribution in [0, 0.1) is 0 Å². The van der Waals surface area contributed by atoms with Gasteiger partial charge in [-0.1, -0.05) is 12.1 Å². The molecular weight excluding hydrogens is 266 g/mol. The predicted molar refractivity (Wildman–Crippen MR) is 81.7 cm³/mol. The molecular formula is C17H23NO3. The van der Waals surface area contributed by atoms with Crippen LogP contribution in [0.4, 0.5) is 0 Å². The van der Waals surface area contributed by atoms with Gasteiger partial charge < -0.3 is 9.64 Å². The van der Waals surface area contributed by atoms with Crippen LogP contribution in [-0.2, 0) is 11.2 Å². The third-order valence-electron chi connectivity index (χ3n) is 3.79. The van der Waals surface area contributed by atoms with E-state index in [9.17, 15) is 9.59 Å². The topological polar surface area (TPSA) is 46.6 Å². The Morgan fingerprint density at radius 2 is 1.86 bits per heavy atom. The molecule has 0 saturated heterocycles. The summed E-state index contributed by atoms with van der Waals surface area (Å²) in [6.45, 7) is 8.00. The molecule has 2 rings (SSSR count). The molecule has 1 aromatic carbocycles. The number of amides is 1. The normalized spacial score (nSPS) is 13.7. The number of hydrogen-bond acceptors (Lipinski definition) is 3. The molecule has 21 heavy (non-hydrogen) atoms. The van der Waals surface area contributed by atoms with E-state index in [4.69, 9.17) is 4.74 Å². The van der Waals surface area contributed by atoms with Crippen molar-refractivity contribution in [3.05, 3.63) is 29.3 Å². The fourth-order valence-electron chi connectivity index (χ4n) is 2.98. The predicted octanol–water partition coefficient (Wildman–Crippen LogP) is 2.84. The maximum absolute atomic E-state index is 12.3. The molecule has 0 fully saturated rings. The van der Waals surface area contributed by atoms with E-state index in [0.717, 1.165) is 11.1 Å². The second kappa shape index (κ2) is 6.29. The lowest BCUT2D eigenvalue weighted by Crippen LogP contribution is -2.44. The molecule has 0 heterocycles. The molecule has 0 aromatic heterocycles. The number of carbonyl (C=O) groups excluding carboxylic acids is 2. The summed E-state index contributed by atoms with van der Waals surface area (Å²) in [6, 6.07) is 5.76. The zero-order valence-electron chi connectivity index (χ0n) is 13.2. The van der Waals surface area contributed by atoms with Crippen LogP contribution in [0.5, 0.6) is 5.75 Å². The van der Waals surface area contributed by atoms with Gasteiger partial charge in [0.1, 0.15) is 5.75 Å². The first-order chi connectivity index (χ1) is 9.91. The molecule has 1 amide bonds. The van der Waals surface area contributed by atoms with Crippen molar-refractivity contribution in [1.82, 2.24) is 4.90 Å². The van der Waals surface area contributed by atoms with Crippen LogP contribution >= 0.6 is 0 Å². The first kappa shape index (κ1) is 15.5. The summed E-state index contributed by atoms with van der Waals surface area (Å²) < 4.78 is 5.70. The molecule has 1 aliphatic rings. The van der Waals surface area contributed by atoms with Gasteiger partial charge in [-0.3, -0.25) is 9.59 Å². The summed E-state index contributed by atoms with van der Waals surface area (Å²) in [5.41, 5.74) is 1.68. The van der Waals surface area contributed by atoms with Crippen molar-refractivity contribution in [2.24, 2.45) is 0 Å². The van der Waals surface area contributed by atoms with Crippen molar-refractivity contribution in [3.8, 4) is 5.75 Å². The third-order valence-corrected chi connectivity index (χ3v) is 3.79. The standard InChI is InChI=1S/C17H23NO3/c1-11(2)18(12(3)4)17(20)10-21-16-7-5-6-13-14(16)8-9-15(13)19/h5-7,11-12H,8-10H2,1-4H3. The van der Waals surface area contributed by atoms with E-state index in [-0.39, 0.29) is 30.4 Å². The Hall–Kier alpha value is -1.84. The number of rotatable bonds is 5. The van der Waals surface area contributed by atoms with E-state index in [1.165, 1.54) is 0 Å². The molecule has 0 unspecified atom stereocenters. The van der Waals surface area contributed by atoms with Gasteiger partial charge in [0.05, 0.1) is 0 Å². The van der Waals surface area contributed by atoms with E-state index in [1.807, 2.05) is 50.8 Å². The lowest BCUT2D eigenvalue weighted by atomic mass is 10.1. The van der Waals surface area contributed by atoms with Gasteiger partial charge in [0.2, 0.25) is 0 Å². The van der Waals surface area contributed by atoms with Gasteiger partial charge in [0, 0.05) is 29.6 Å². The number of carbonyl (C=O) groups is 2. The third kappa shape index (κ3) is 3.26. The largest absolute Gasteiger partial charge is 0.483 e. The fraction of sp³-hybridized carbons (Fsp3) is 0.529. The van der Waals surface area contributed by atoms with Gasteiger partial charge in [-0.15, -0.1) is 0 Å². The highest BCUT2D eigenvalue weighted by atomic mass is 16.5. The van der Waals surface area contributed by atoms with Gasteiger partial charge >= 0.3 is 0 Å². The fourth-order valence-corrected chi connectivity index (χ4v) is 2.98. The molecule has 1 aromatic rings. The van der Waals surface area contributed by atoms with Crippen LogP contribution < -0.4 is 4.74 Å². The lowest BCUT2D eigenvalue weighted by Gasteiger charge is -2.30. The van der Waals surface area contributed by atoms with Crippen LogP contribution in [0.1, 0.15) is 50.0 Å². The Labute approximate surface area is 126 Å². The molecule has 0 bridgehead atoms. The highest BCUT2D eigenvalue weighted by molar-refractivity contribution is 6.01. The Kier molecular flexibility index (Phi) is 4.66. The number of ketones is 1. The minimum absolute atomic E-state index is 0.0149. The molecule has 0 spiro atoms. The highest BCUT2D eigenvalue weighted by Crippen LogP contribution is 2.30. The second-order valence-corrected chi connectivity index (χ2v) is 5.98. The molecule has 0 atom stereocenters. The molecule has 1 aliphatic carbocycles. The summed E-state index contributed by atoms with van der Waals surface area (Å²) in [6.07, 6.45) is 1.24. The number of ether oxygens (including phenoxy) is 1. The number of benzene rings is 1. The zero-order chi connectivity index (χ0) is 15.6. The minimum Gasteiger partial charge on any atom is -0.483 e. The average Bonchev–Trinajstić information content (AvgIpc) is 2.78. The average molecular weight is 289 g/mol. The first-order valence-electron chi connectivity index (χ1n) is 7.51. The number of hydrogen-bond donors (Lipinski definition) is 0. The van der Waals surface area contributed by atoms with Gasteiger partial charge in [-0.2, -0.15) is 0 Å². The molecule has 114 valence electrons. The van der Waals surface area contributed by atoms with Crippen molar-refractivity contribution in [2.75, 3.05) is 6.61 Å². The zero-order valence-corrected chi connectivity index (χ0v) is 13.2. The number of Topliss-reactive ketones (excluding diaryl/α,β-unsaturated/α-hetero) is 1. The summed E-state index contributed by atoms with van der Waals surface area (Å²) in [7, 11) is 0. The quantitative estimate of drug-likeness (QED) is 0.837. The van der Waals surface area contributed by atoms with Gasteiger partial charge in [-0.05, 0) is 40.2 Å². The smallest absolute Gasteiger partial charge is 0.260 e. The first-order valence-corrected chi connectivity index (χ1v) is 7.51. The molecule has 4 heteroatoms. The van der Waals surface area contributed by atoms with Crippen LogP contribution in [0.3, 0.4) is 0 Å². The molecule has 0 N–H and O–H groups in total. The second-order valence-electron chi connectivity index (χ2n) is 5.98. The van der Waals surface area contributed by atoms with Crippen molar-refractivity contribution in [1.29, 1.82) is 0 Å². The van der Waals surface area contributed by atoms with Gasteiger partial charge in [0.15, 0.2) is 12.4 Å². The highest BCUT2D eigenvalue weighted by Gasteiger charge is 2.24. The molecule has 4 nitrogen and oxygen atoms in total. The van der Waals surface area contributed by atoms with Gasteiger partial charge in [-0.25, -0.2) is 0 Å². The van der Waals surface area contributed by atoms with Crippen LogP contribution in [0.2, 0.25) is 0 Å². The van der Waals surface area contributed by atoms with Crippen molar-refractivity contribution < 1.29 is 14.3 Å². The monoisotopic (exact) mass is 289 g/mol. The molecule has 0 aliphatic heterocycles.